The molecule has 1 aliphatic rings. The van der Waals surface area contributed by atoms with Gasteiger partial charge in [0.25, 0.3) is 11.8 Å². The Morgan fingerprint density at radius 3 is 2.11 bits per heavy atom. The van der Waals surface area contributed by atoms with Crippen LogP contribution in [0.2, 0.25) is 5.02 Å². The highest BCUT2D eigenvalue weighted by molar-refractivity contribution is 6.36. The summed E-state index contributed by atoms with van der Waals surface area (Å²) in [7, 11) is 0. The number of likely N-dealkylation sites (N-methyl/N-ethyl adjacent to an activating group) is 1. The number of hydrogen-bond acceptors (Lipinski definition) is 4. The topological polar surface area (TPSA) is 78.5 Å². The molecule has 0 spiro atoms. The summed E-state index contributed by atoms with van der Waals surface area (Å²) in [5.74, 6) is -0.890. The van der Waals surface area contributed by atoms with Gasteiger partial charge in [0.1, 0.15) is 5.70 Å². The molecule has 0 bridgehead atoms. The molecule has 0 atom stereocenters. The first-order chi connectivity index (χ1) is 12.9. The number of imide groups is 1. The lowest BCUT2D eigenvalue weighted by atomic mass is 10.0. The predicted octanol–water partition coefficient (Wildman–Crippen LogP) is 3.51. The third kappa shape index (κ3) is 3.85. The number of anilines is 2. The summed E-state index contributed by atoms with van der Waals surface area (Å²) >= 11 is 5.93. The molecule has 3 amide bonds. The van der Waals surface area contributed by atoms with Crippen molar-refractivity contribution in [1.82, 2.24) is 4.90 Å². The maximum atomic E-state index is 12.7. The Hall–Kier alpha value is -3.12. The molecule has 0 aromatic heterocycles. The second kappa shape index (κ2) is 7.63. The summed E-state index contributed by atoms with van der Waals surface area (Å²) in [4.78, 5) is 37.8. The second-order valence-electron chi connectivity index (χ2n) is 5.99. The minimum absolute atomic E-state index is 0.168. The first kappa shape index (κ1) is 18.7. The van der Waals surface area contributed by atoms with Crippen LogP contribution < -0.4 is 10.6 Å². The summed E-state index contributed by atoms with van der Waals surface area (Å²) in [5, 5.41) is 6.28. The molecule has 0 aliphatic carbocycles. The summed E-state index contributed by atoms with van der Waals surface area (Å²) in [6.45, 7) is 3.46. The summed E-state index contributed by atoms with van der Waals surface area (Å²) in [5.41, 5.74) is 2.42. The van der Waals surface area contributed by atoms with Gasteiger partial charge in [-0.1, -0.05) is 23.7 Å². The fourth-order valence-electron chi connectivity index (χ4n) is 2.85. The lowest BCUT2D eigenvalue weighted by molar-refractivity contribution is -0.136. The van der Waals surface area contributed by atoms with Gasteiger partial charge in [0.15, 0.2) is 0 Å². The monoisotopic (exact) mass is 383 g/mol. The lowest BCUT2D eigenvalue weighted by Gasteiger charge is -2.12. The predicted molar refractivity (Wildman–Crippen MR) is 105 cm³/mol. The van der Waals surface area contributed by atoms with Crippen molar-refractivity contribution in [2.24, 2.45) is 0 Å². The standard InChI is InChI=1S/C20H18ClN3O3/c1-3-24-19(26)17(13-4-6-14(21)7-5-13)18(20(24)27)23-16-10-8-15(9-11-16)22-12(2)25/h4-11,23H,3H2,1-2H3,(H,22,25). The first-order valence-electron chi connectivity index (χ1n) is 8.41. The van der Waals surface area contributed by atoms with Crippen LogP contribution in [-0.4, -0.2) is 29.2 Å². The normalized spacial score (nSPS) is 14.0. The van der Waals surface area contributed by atoms with Crippen molar-refractivity contribution >= 4 is 46.3 Å². The highest BCUT2D eigenvalue weighted by Gasteiger charge is 2.38. The third-order valence-corrected chi connectivity index (χ3v) is 4.34. The van der Waals surface area contributed by atoms with Crippen LogP contribution in [0.15, 0.2) is 54.2 Å². The number of carbonyl (C=O) groups is 3. The number of benzene rings is 2. The Morgan fingerprint density at radius 2 is 1.56 bits per heavy atom. The van der Waals surface area contributed by atoms with Gasteiger partial charge in [0.05, 0.1) is 5.57 Å². The Labute approximate surface area is 161 Å². The van der Waals surface area contributed by atoms with E-state index in [1.54, 1.807) is 55.5 Å². The second-order valence-corrected chi connectivity index (χ2v) is 6.43. The van der Waals surface area contributed by atoms with E-state index in [2.05, 4.69) is 10.6 Å². The van der Waals surface area contributed by atoms with Gasteiger partial charge in [0, 0.05) is 29.9 Å². The zero-order valence-corrected chi connectivity index (χ0v) is 15.6. The summed E-state index contributed by atoms with van der Waals surface area (Å²) in [6, 6.07) is 13.7. The van der Waals surface area contributed by atoms with Crippen molar-refractivity contribution in [3.63, 3.8) is 0 Å². The Morgan fingerprint density at radius 1 is 0.963 bits per heavy atom. The maximum Gasteiger partial charge on any atom is 0.278 e. The lowest BCUT2D eigenvalue weighted by Crippen LogP contribution is -2.32. The van der Waals surface area contributed by atoms with Crippen LogP contribution in [0.1, 0.15) is 19.4 Å². The molecule has 0 saturated carbocycles. The molecular formula is C20H18ClN3O3. The van der Waals surface area contributed by atoms with Gasteiger partial charge in [-0.2, -0.15) is 0 Å². The average Bonchev–Trinajstić information content (AvgIpc) is 2.87. The van der Waals surface area contributed by atoms with Gasteiger partial charge >= 0.3 is 0 Å². The van der Waals surface area contributed by atoms with Crippen LogP contribution in [0.5, 0.6) is 0 Å². The van der Waals surface area contributed by atoms with Gasteiger partial charge in [0.2, 0.25) is 5.91 Å². The van der Waals surface area contributed by atoms with E-state index in [1.165, 1.54) is 11.8 Å². The zero-order valence-electron chi connectivity index (χ0n) is 14.9. The van der Waals surface area contributed by atoms with E-state index < -0.39 is 0 Å². The van der Waals surface area contributed by atoms with E-state index in [9.17, 15) is 14.4 Å². The van der Waals surface area contributed by atoms with Crippen molar-refractivity contribution in [2.75, 3.05) is 17.2 Å². The highest BCUT2D eigenvalue weighted by Crippen LogP contribution is 2.31. The number of halogens is 1. The molecule has 138 valence electrons. The number of carbonyl (C=O) groups excluding carboxylic acids is 3. The number of hydrogen-bond donors (Lipinski definition) is 2. The van der Waals surface area contributed by atoms with Gasteiger partial charge in [-0.05, 0) is 48.9 Å². The van der Waals surface area contributed by atoms with E-state index in [-0.39, 0.29) is 30.0 Å². The van der Waals surface area contributed by atoms with E-state index in [4.69, 9.17) is 11.6 Å². The number of rotatable bonds is 5. The van der Waals surface area contributed by atoms with Crippen LogP contribution in [-0.2, 0) is 14.4 Å². The molecule has 27 heavy (non-hydrogen) atoms. The van der Waals surface area contributed by atoms with Crippen LogP contribution in [0.25, 0.3) is 5.57 Å². The van der Waals surface area contributed by atoms with Crippen molar-refractivity contribution in [3.05, 3.63) is 64.8 Å². The van der Waals surface area contributed by atoms with Crippen molar-refractivity contribution in [1.29, 1.82) is 0 Å². The van der Waals surface area contributed by atoms with Crippen molar-refractivity contribution in [2.45, 2.75) is 13.8 Å². The smallest absolute Gasteiger partial charge is 0.278 e. The molecule has 6 nitrogen and oxygen atoms in total. The molecular weight excluding hydrogens is 366 g/mol. The van der Waals surface area contributed by atoms with E-state index in [0.29, 0.717) is 27.5 Å². The minimum Gasteiger partial charge on any atom is -0.350 e. The van der Waals surface area contributed by atoms with Gasteiger partial charge in [-0.25, -0.2) is 0 Å². The average molecular weight is 384 g/mol. The van der Waals surface area contributed by atoms with Gasteiger partial charge in [-0.3, -0.25) is 19.3 Å². The van der Waals surface area contributed by atoms with Crippen molar-refractivity contribution < 1.29 is 14.4 Å². The SMILES string of the molecule is CCN1C(=O)C(Nc2ccc(NC(C)=O)cc2)=C(c2ccc(Cl)cc2)C1=O. The molecule has 0 fully saturated rings. The molecule has 1 aliphatic heterocycles. The zero-order chi connectivity index (χ0) is 19.6. The van der Waals surface area contributed by atoms with E-state index in [0.717, 1.165) is 0 Å². The minimum atomic E-state index is -0.376. The van der Waals surface area contributed by atoms with Gasteiger partial charge in [-0.15, -0.1) is 0 Å². The Kier molecular flexibility index (Phi) is 5.28. The quantitative estimate of drug-likeness (QED) is 0.774. The third-order valence-electron chi connectivity index (χ3n) is 4.09. The largest absolute Gasteiger partial charge is 0.350 e. The van der Waals surface area contributed by atoms with Crippen LogP contribution in [0.4, 0.5) is 11.4 Å². The maximum absolute atomic E-state index is 12.7. The molecule has 2 N–H and O–H groups in total. The molecule has 3 rings (SSSR count). The molecule has 0 saturated heterocycles. The number of nitrogens with one attached hydrogen (secondary N) is 2. The number of amides is 3. The van der Waals surface area contributed by atoms with Crippen LogP contribution in [0.3, 0.4) is 0 Å². The number of nitrogens with zero attached hydrogens (tertiary/aromatic N) is 1. The molecule has 0 radical (unpaired) electrons. The Balaban J connectivity index is 1.97. The molecule has 2 aromatic carbocycles. The van der Waals surface area contributed by atoms with E-state index in [1.807, 2.05) is 0 Å². The van der Waals surface area contributed by atoms with Gasteiger partial charge < -0.3 is 10.6 Å². The fraction of sp³-hybridized carbons (Fsp3) is 0.150. The van der Waals surface area contributed by atoms with Crippen LogP contribution in [0, 0.1) is 0 Å². The summed E-state index contributed by atoms with van der Waals surface area (Å²) in [6.07, 6.45) is 0. The molecule has 2 aromatic rings. The fourth-order valence-corrected chi connectivity index (χ4v) is 2.97. The Bertz CT molecular complexity index is 934. The highest BCUT2D eigenvalue weighted by atomic mass is 35.5. The summed E-state index contributed by atoms with van der Waals surface area (Å²) < 4.78 is 0. The van der Waals surface area contributed by atoms with E-state index >= 15 is 0 Å². The first-order valence-corrected chi connectivity index (χ1v) is 8.79. The molecule has 0 unspecified atom stereocenters. The molecule has 7 heteroatoms. The van der Waals surface area contributed by atoms with Crippen molar-refractivity contribution in [3.8, 4) is 0 Å². The molecule has 1 heterocycles. The van der Waals surface area contributed by atoms with Crippen LogP contribution >= 0.6 is 11.6 Å².